The summed E-state index contributed by atoms with van der Waals surface area (Å²) in [6, 6.07) is 0. The summed E-state index contributed by atoms with van der Waals surface area (Å²) in [5.41, 5.74) is 0. The lowest BCUT2D eigenvalue weighted by Crippen LogP contribution is -2.49. The van der Waals surface area contributed by atoms with Crippen LogP contribution >= 0.6 is 0 Å². The minimum Gasteiger partial charge on any atom is -0.380 e. The fraction of sp³-hybridized carbons (Fsp3) is 1.00. The molecule has 7 heteroatoms. The number of hydrogen-bond acceptors (Lipinski definition) is 4. The molecule has 0 aromatic heterocycles. The SMILES string of the molecule is CCOCCN(CC)S(=O)(=O)N1CCCC(CNC)C1. The Kier molecular flexibility index (Phi) is 7.98. The molecule has 0 radical (unpaired) electrons. The number of rotatable bonds is 9. The lowest BCUT2D eigenvalue weighted by molar-refractivity contribution is 0.132. The molecule has 0 amide bonds. The lowest BCUT2D eigenvalue weighted by atomic mass is 10.00. The largest absolute Gasteiger partial charge is 0.380 e. The zero-order valence-electron chi connectivity index (χ0n) is 13.0. The predicted molar refractivity (Wildman–Crippen MR) is 80.9 cm³/mol. The molecule has 6 nitrogen and oxygen atoms in total. The third-order valence-electron chi connectivity index (χ3n) is 3.67. The van der Waals surface area contributed by atoms with Crippen LogP contribution in [0.2, 0.25) is 0 Å². The number of hydrogen-bond donors (Lipinski definition) is 1. The van der Waals surface area contributed by atoms with E-state index in [9.17, 15) is 8.42 Å². The number of nitrogens with zero attached hydrogens (tertiary/aromatic N) is 2. The highest BCUT2D eigenvalue weighted by atomic mass is 32.2. The van der Waals surface area contributed by atoms with Crippen molar-refractivity contribution in [3.63, 3.8) is 0 Å². The molecule has 1 aliphatic rings. The van der Waals surface area contributed by atoms with Crippen LogP contribution in [-0.4, -0.2) is 70.0 Å². The molecule has 0 aromatic carbocycles. The maximum atomic E-state index is 12.6. The summed E-state index contributed by atoms with van der Waals surface area (Å²) in [5.74, 6) is 0.411. The lowest BCUT2D eigenvalue weighted by Gasteiger charge is -2.35. The fourth-order valence-corrected chi connectivity index (χ4v) is 4.32. The monoisotopic (exact) mass is 307 g/mol. The van der Waals surface area contributed by atoms with E-state index in [1.165, 1.54) is 4.31 Å². The van der Waals surface area contributed by atoms with Crippen LogP contribution in [0.1, 0.15) is 26.7 Å². The molecule has 0 aliphatic carbocycles. The van der Waals surface area contributed by atoms with Crippen LogP contribution in [0, 0.1) is 5.92 Å². The van der Waals surface area contributed by atoms with Crippen LogP contribution in [0.3, 0.4) is 0 Å². The molecule has 120 valence electrons. The first kappa shape index (κ1) is 17.8. The summed E-state index contributed by atoms with van der Waals surface area (Å²) in [6.45, 7) is 7.90. The van der Waals surface area contributed by atoms with E-state index in [0.717, 1.165) is 19.4 Å². The van der Waals surface area contributed by atoms with Crippen molar-refractivity contribution in [3.05, 3.63) is 0 Å². The Morgan fingerprint density at radius 3 is 2.75 bits per heavy atom. The smallest absolute Gasteiger partial charge is 0.282 e. The van der Waals surface area contributed by atoms with E-state index in [1.807, 2.05) is 20.9 Å². The number of likely N-dealkylation sites (N-methyl/N-ethyl adjacent to an activating group) is 1. The molecular weight excluding hydrogens is 278 g/mol. The van der Waals surface area contributed by atoms with Crippen LogP contribution < -0.4 is 5.32 Å². The van der Waals surface area contributed by atoms with Crippen molar-refractivity contribution >= 4 is 10.2 Å². The molecule has 1 fully saturated rings. The summed E-state index contributed by atoms with van der Waals surface area (Å²) < 4.78 is 33.7. The van der Waals surface area contributed by atoms with Gasteiger partial charge in [-0.3, -0.25) is 0 Å². The molecule has 0 saturated carbocycles. The Hall–Kier alpha value is -0.210. The van der Waals surface area contributed by atoms with Gasteiger partial charge in [0.1, 0.15) is 0 Å². The van der Waals surface area contributed by atoms with Crippen molar-refractivity contribution in [2.45, 2.75) is 26.7 Å². The summed E-state index contributed by atoms with van der Waals surface area (Å²) in [6.07, 6.45) is 2.03. The summed E-state index contributed by atoms with van der Waals surface area (Å²) in [7, 11) is -1.44. The van der Waals surface area contributed by atoms with Gasteiger partial charge >= 0.3 is 0 Å². The van der Waals surface area contributed by atoms with Crippen molar-refractivity contribution in [1.29, 1.82) is 0 Å². The maximum absolute atomic E-state index is 12.6. The molecule has 1 aliphatic heterocycles. The average molecular weight is 307 g/mol. The van der Waals surface area contributed by atoms with Gasteiger partial charge in [-0.15, -0.1) is 0 Å². The van der Waals surface area contributed by atoms with Gasteiger partial charge in [0.05, 0.1) is 6.61 Å². The van der Waals surface area contributed by atoms with Gasteiger partial charge in [0.15, 0.2) is 0 Å². The second kappa shape index (κ2) is 8.94. The molecule has 1 unspecified atom stereocenters. The molecule has 1 rings (SSSR count). The molecular formula is C13H29N3O3S. The third-order valence-corrected chi connectivity index (χ3v) is 5.75. The minimum absolute atomic E-state index is 0.411. The molecule has 0 spiro atoms. The molecule has 20 heavy (non-hydrogen) atoms. The fourth-order valence-electron chi connectivity index (χ4n) is 2.60. The number of nitrogens with one attached hydrogen (secondary N) is 1. The van der Waals surface area contributed by atoms with E-state index >= 15 is 0 Å². The predicted octanol–water partition coefficient (Wildman–Crippen LogP) is 0.521. The highest BCUT2D eigenvalue weighted by Crippen LogP contribution is 2.20. The van der Waals surface area contributed by atoms with Gasteiger partial charge in [0.2, 0.25) is 0 Å². The van der Waals surface area contributed by atoms with E-state index in [4.69, 9.17) is 4.74 Å². The summed E-state index contributed by atoms with van der Waals surface area (Å²) >= 11 is 0. The minimum atomic E-state index is -3.35. The molecule has 1 saturated heterocycles. The van der Waals surface area contributed by atoms with E-state index in [-0.39, 0.29) is 0 Å². The zero-order valence-corrected chi connectivity index (χ0v) is 13.8. The van der Waals surface area contributed by atoms with E-state index in [2.05, 4.69) is 5.32 Å². The van der Waals surface area contributed by atoms with Gasteiger partial charge in [-0.2, -0.15) is 17.0 Å². The third kappa shape index (κ3) is 4.96. The zero-order chi connectivity index (χ0) is 15.0. The normalized spacial score (nSPS) is 21.5. The Morgan fingerprint density at radius 1 is 1.40 bits per heavy atom. The quantitative estimate of drug-likeness (QED) is 0.631. The van der Waals surface area contributed by atoms with Gasteiger partial charge < -0.3 is 10.1 Å². The Morgan fingerprint density at radius 2 is 2.15 bits per heavy atom. The first-order valence-electron chi connectivity index (χ1n) is 7.53. The Balaban J connectivity index is 2.64. The maximum Gasteiger partial charge on any atom is 0.282 e. The molecule has 0 aromatic rings. The molecule has 0 bridgehead atoms. The van der Waals surface area contributed by atoms with Crippen LogP contribution in [0.4, 0.5) is 0 Å². The highest BCUT2D eigenvalue weighted by Gasteiger charge is 2.32. The van der Waals surface area contributed by atoms with Crippen molar-refractivity contribution in [1.82, 2.24) is 13.9 Å². The van der Waals surface area contributed by atoms with Crippen LogP contribution in [0.15, 0.2) is 0 Å². The van der Waals surface area contributed by atoms with Gasteiger partial charge in [-0.05, 0) is 39.3 Å². The number of piperidine rings is 1. The first-order chi connectivity index (χ1) is 9.56. The van der Waals surface area contributed by atoms with Gasteiger partial charge in [0.25, 0.3) is 10.2 Å². The second-order valence-electron chi connectivity index (χ2n) is 5.12. The van der Waals surface area contributed by atoms with E-state index < -0.39 is 10.2 Å². The molecule has 1 atom stereocenters. The van der Waals surface area contributed by atoms with Crippen molar-refractivity contribution in [2.75, 3.05) is 53.0 Å². The second-order valence-corrected chi connectivity index (χ2v) is 7.05. The standard InChI is InChI=1S/C13H29N3O3S/c1-4-15(9-10-19-5-2)20(17,18)16-8-6-7-13(12-16)11-14-3/h13-14H,4-12H2,1-3H3. The molecule has 1 N–H and O–H groups in total. The number of ether oxygens (including phenoxy) is 1. The van der Waals surface area contributed by atoms with Gasteiger partial charge in [-0.1, -0.05) is 6.92 Å². The Labute approximate surface area is 123 Å². The summed E-state index contributed by atoms with van der Waals surface area (Å²) in [5, 5.41) is 3.14. The topological polar surface area (TPSA) is 61.9 Å². The Bertz CT molecular complexity index is 360. The van der Waals surface area contributed by atoms with Crippen LogP contribution in [0.5, 0.6) is 0 Å². The summed E-state index contributed by atoms with van der Waals surface area (Å²) in [4.78, 5) is 0. The van der Waals surface area contributed by atoms with Crippen LogP contribution in [-0.2, 0) is 14.9 Å². The first-order valence-corrected chi connectivity index (χ1v) is 8.93. The molecule has 1 heterocycles. The highest BCUT2D eigenvalue weighted by molar-refractivity contribution is 7.86. The van der Waals surface area contributed by atoms with Gasteiger partial charge in [-0.25, -0.2) is 0 Å². The van der Waals surface area contributed by atoms with Crippen LogP contribution in [0.25, 0.3) is 0 Å². The van der Waals surface area contributed by atoms with Crippen molar-refractivity contribution in [3.8, 4) is 0 Å². The van der Waals surface area contributed by atoms with Crippen molar-refractivity contribution < 1.29 is 13.2 Å². The van der Waals surface area contributed by atoms with E-state index in [1.54, 1.807) is 4.31 Å². The van der Waals surface area contributed by atoms with E-state index in [0.29, 0.717) is 45.3 Å². The average Bonchev–Trinajstić information content (AvgIpc) is 2.44. The van der Waals surface area contributed by atoms with Crippen molar-refractivity contribution in [2.24, 2.45) is 5.92 Å². The van der Waals surface area contributed by atoms with Gasteiger partial charge in [0, 0.05) is 32.8 Å².